The molecular formula is C43H46N2O3S2. The summed E-state index contributed by atoms with van der Waals surface area (Å²) in [6.07, 6.45) is 13.0. The highest BCUT2D eigenvalue weighted by Crippen LogP contribution is 2.47. The normalized spacial score (nSPS) is 19.6. The zero-order valence-electron chi connectivity index (χ0n) is 30.0. The Bertz CT molecular complexity index is 2180. The van der Waals surface area contributed by atoms with Crippen LogP contribution in [0.25, 0.3) is 5.57 Å². The number of hydrogen-bond acceptors (Lipinski definition) is 5. The van der Waals surface area contributed by atoms with Gasteiger partial charge in [-0.05, 0) is 98.0 Å². The van der Waals surface area contributed by atoms with Gasteiger partial charge in [0.1, 0.15) is 17.2 Å². The predicted octanol–water partition coefficient (Wildman–Crippen LogP) is 10.1. The maximum Gasteiger partial charge on any atom is 0.209 e. The topological polar surface area (TPSA) is 63.5 Å². The highest BCUT2D eigenvalue weighted by Gasteiger charge is 2.42. The van der Waals surface area contributed by atoms with Gasteiger partial charge in [0.15, 0.2) is 5.71 Å². The van der Waals surface area contributed by atoms with Crippen LogP contribution in [0.1, 0.15) is 68.5 Å². The first-order chi connectivity index (χ1) is 23.7. The monoisotopic (exact) mass is 702 g/mol. The van der Waals surface area contributed by atoms with Gasteiger partial charge in [0, 0.05) is 46.4 Å². The van der Waals surface area contributed by atoms with Crippen LogP contribution < -0.4 is 4.90 Å². The number of benzene rings is 3. The first-order valence-electron chi connectivity index (χ1n) is 17.1. The Kier molecular flexibility index (Phi) is 9.79. The van der Waals surface area contributed by atoms with Crippen LogP contribution in [0.15, 0.2) is 136 Å². The molecule has 0 unspecified atom stereocenters. The Hall–Kier alpha value is -4.30. The molecule has 7 heteroatoms. The van der Waals surface area contributed by atoms with Crippen molar-refractivity contribution in [1.82, 2.24) is 0 Å². The highest BCUT2D eigenvalue weighted by molar-refractivity contribution is 7.85. The van der Waals surface area contributed by atoms with E-state index in [4.69, 9.17) is 0 Å². The van der Waals surface area contributed by atoms with Gasteiger partial charge in [-0.2, -0.15) is 4.58 Å². The molecule has 0 fully saturated rings. The lowest BCUT2D eigenvalue weighted by atomic mass is 9.80. The molecule has 0 amide bonds. The van der Waals surface area contributed by atoms with Gasteiger partial charge in [-0.1, -0.05) is 86.2 Å². The molecule has 3 aliphatic rings. The number of likely N-dealkylation sites (N-methyl/N-ethyl adjacent to an activating group) is 1. The molecular weight excluding hydrogens is 657 g/mol. The van der Waals surface area contributed by atoms with Crippen molar-refractivity contribution in [3.8, 4) is 0 Å². The number of aryl methyl sites for hydroxylation is 1. The molecule has 0 N–H and O–H groups in total. The van der Waals surface area contributed by atoms with Crippen LogP contribution >= 0.6 is 11.3 Å². The number of thiophene rings is 1. The molecule has 2 aliphatic heterocycles. The van der Waals surface area contributed by atoms with Crippen LogP contribution in [0.3, 0.4) is 0 Å². The van der Waals surface area contributed by atoms with Gasteiger partial charge in [0.05, 0.1) is 10.3 Å². The third-order valence-electron chi connectivity index (χ3n) is 10.4. The van der Waals surface area contributed by atoms with E-state index in [2.05, 4.69) is 142 Å². The second-order valence-electron chi connectivity index (χ2n) is 14.4. The Labute approximate surface area is 302 Å². The summed E-state index contributed by atoms with van der Waals surface area (Å²) in [7, 11) is 0.143. The maximum absolute atomic E-state index is 10.4. The van der Waals surface area contributed by atoms with Crippen LogP contribution in [0.4, 0.5) is 11.4 Å². The van der Waals surface area contributed by atoms with Crippen LogP contribution in [-0.2, 0) is 20.9 Å². The Balaban J connectivity index is 0.000000336. The number of anilines is 1. The second kappa shape index (κ2) is 13.8. The quantitative estimate of drug-likeness (QED) is 0.153. The summed E-state index contributed by atoms with van der Waals surface area (Å²) < 4.78 is 33.5. The summed E-state index contributed by atoms with van der Waals surface area (Å²) in [6, 6.07) is 27.9. The Morgan fingerprint density at radius 3 is 2.14 bits per heavy atom. The van der Waals surface area contributed by atoms with E-state index in [1.54, 1.807) is 12.1 Å². The van der Waals surface area contributed by atoms with E-state index in [-0.39, 0.29) is 15.7 Å². The number of allylic oxidation sites excluding steroid dienone is 8. The predicted molar refractivity (Wildman–Crippen MR) is 208 cm³/mol. The van der Waals surface area contributed by atoms with E-state index in [1.807, 2.05) is 18.3 Å². The molecule has 0 atom stereocenters. The van der Waals surface area contributed by atoms with E-state index in [0.717, 1.165) is 18.4 Å². The van der Waals surface area contributed by atoms with Crippen molar-refractivity contribution < 1.29 is 17.5 Å². The zero-order valence-corrected chi connectivity index (χ0v) is 31.7. The van der Waals surface area contributed by atoms with Crippen molar-refractivity contribution in [2.45, 2.75) is 69.6 Å². The average molecular weight is 703 g/mol. The molecule has 0 bridgehead atoms. The molecule has 0 saturated carbocycles. The van der Waals surface area contributed by atoms with E-state index in [9.17, 15) is 13.0 Å². The lowest BCUT2D eigenvalue weighted by Gasteiger charge is -2.25. The molecule has 50 heavy (non-hydrogen) atoms. The van der Waals surface area contributed by atoms with Crippen molar-refractivity contribution in [1.29, 1.82) is 0 Å². The summed E-state index contributed by atoms with van der Waals surface area (Å²) in [5, 5.41) is 2.21. The summed E-state index contributed by atoms with van der Waals surface area (Å²) in [5.74, 6) is 0. The van der Waals surface area contributed by atoms with E-state index >= 15 is 0 Å². The number of nitrogens with zero attached hydrogens (tertiary/aromatic N) is 2. The minimum atomic E-state index is -4.27. The Morgan fingerprint density at radius 2 is 1.50 bits per heavy atom. The molecule has 258 valence electrons. The summed E-state index contributed by atoms with van der Waals surface area (Å²) in [4.78, 5) is 3.56. The number of hydrogen-bond donors (Lipinski definition) is 0. The lowest BCUT2D eigenvalue weighted by Crippen LogP contribution is -2.26. The molecule has 7 rings (SSSR count). The number of fused-ring (bicyclic) bond motifs is 2. The van der Waals surface area contributed by atoms with Gasteiger partial charge in [-0.15, -0.1) is 11.3 Å². The van der Waals surface area contributed by atoms with Gasteiger partial charge in [-0.3, -0.25) is 0 Å². The summed E-state index contributed by atoms with van der Waals surface area (Å²) in [6.45, 7) is 11.2. The molecule has 1 aromatic heterocycles. The van der Waals surface area contributed by atoms with Crippen LogP contribution in [0.2, 0.25) is 0 Å². The van der Waals surface area contributed by atoms with Gasteiger partial charge < -0.3 is 9.45 Å². The zero-order chi connectivity index (χ0) is 35.8. The Morgan fingerprint density at radius 1 is 0.820 bits per heavy atom. The first kappa shape index (κ1) is 35.5. The van der Waals surface area contributed by atoms with Crippen molar-refractivity contribution in [2.75, 3.05) is 19.0 Å². The smallest absolute Gasteiger partial charge is 0.209 e. The van der Waals surface area contributed by atoms with Crippen molar-refractivity contribution in [2.24, 2.45) is 0 Å². The fraction of sp³-hybridized carbons (Fsp3) is 0.279. The highest BCUT2D eigenvalue weighted by atomic mass is 32.2. The summed E-state index contributed by atoms with van der Waals surface area (Å²) in [5.41, 5.74) is 13.4. The van der Waals surface area contributed by atoms with Crippen LogP contribution in [-0.4, -0.2) is 37.4 Å². The van der Waals surface area contributed by atoms with Crippen molar-refractivity contribution >= 4 is 44.1 Å². The molecule has 0 saturated heterocycles. The van der Waals surface area contributed by atoms with E-state index in [0.29, 0.717) is 0 Å². The minimum Gasteiger partial charge on any atom is -0.744 e. The van der Waals surface area contributed by atoms with Crippen molar-refractivity contribution in [3.63, 3.8) is 0 Å². The largest absolute Gasteiger partial charge is 0.744 e. The minimum absolute atomic E-state index is 0.0170. The van der Waals surface area contributed by atoms with Gasteiger partial charge in [-0.25, -0.2) is 8.42 Å². The number of para-hydroxylation sites is 2. The van der Waals surface area contributed by atoms with E-state index in [1.165, 1.54) is 74.1 Å². The molecule has 1 aliphatic carbocycles. The molecule has 4 aromatic rings. The van der Waals surface area contributed by atoms with Crippen molar-refractivity contribution in [3.05, 3.63) is 153 Å². The summed E-state index contributed by atoms with van der Waals surface area (Å²) >= 11 is 1.85. The number of rotatable bonds is 5. The van der Waals surface area contributed by atoms with Gasteiger partial charge in [0.2, 0.25) is 5.69 Å². The lowest BCUT2D eigenvalue weighted by molar-refractivity contribution is -0.401. The van der Waals surface area contributed by atoms with Crippen LogP contribution in [0, 0.1) is 6.92 Å². The molecule has 5 nitrogen and oxygen atoms in total. The third-order valence-corrected chi connectivity index (χ3v) is 12.1. The fourth-order valence-corrected chi connectivity index (χ4v) is 8.97. The van der Waals surface area contributed by atoms with Gasteiger partial charge >= 0.3 is 0 Å². The molecule has 3 aromatic carbocycles. The third kappa shape index (κ3) is 6.74. The second-order valence-corrected chi connectivity index (χ2v) is 16.7. The SMILES string of the molecule is CN1C(=CC=C2CCCC(C=CC3=[N+](C)c4ccccc4C3(C)C)=C2c2cccs2)C(C)(C)c2ccccc21.Cc1ccc(S(=O)(=O)[O-])cc1. The fourth-order valence-electron chi connectivity index (χ4n) is 7.66. The van der Waals surface area contributed by atoms with Crippen LogP contribution in [0.5, 0.6) is 0 Å². The standard InChI is InChI=1S/C36H39N2S.C7H8O3S/c1-35(2)27-15-7-9-17-29(27)37(5)32(35)22-20-25-13-11-14-26(34(25)31-19-12-24-39-31)21-23-33-36(3,4)28-16-8-10-18-30(28)38(33)6;1-6-2-4-7(5-3-6)11(8,9)10/h7-10,12,15-24H,11,13-14H2,1-6H3;2-5H,1H3,(H,8,9,10)/q+1;/p-1. The molecule has 0 spiro atoms. The average Bonchev–Trinajstić information content (AvgIpc) is 3.73. The first-order valence-corrected chi connectivity index (χ1v) is 19.4. The molecule has 0 radical (unpaired) electrons. The maximum atomic E-state index is 10.4. The molecule has 3 heterocycles. The van der Waals surface area contributed by atoms with E-state index < -0.39 is 10.1 Å². The van der Waals surface area contributed by atoms with Gasteiger partial charge in [0.25, 0.3) is 0 Å².